The van der Waals surface area contributed by atoms with E-state index in [0.29, 0.717) is 14.6 Å². The lowest BCUT2D eigenvalue weighted by molar-refractivity contribution is 0.831. The predicted octanol–water partition coefficient (Wildman–Crippen LogP) is 11.9. The molecule has 0 aromatic heterocycles. The van der Waals surface area contributed by atoms with Crippen LogP contribution in [-0.2, 0) is 0 Å². The van der Waals surface area contributed by atoms with Gasteiger partial charge in [-0.1, -0.05) is 129 Å². The largest absolute Gasteiger partial charge is 0.354 e. The van der Waals surface area contributed by atoms with Gasteiger partial charge in [0.1, 0.15) is 0 Å². The average molecular weight is 693 g/mol. The lowest BCUT2D eigenvalue weighted by Gasteiger charge is -2.27. The van der Waals surface area contributed by atoms with Crippen LogP contribution in [0, 0.1) is 5.92 Å². The van der Waals surface area contributed by atoms with Crippen LogP contribution >= 0.6 is 18.0 Å². The number of benzene rings is 6. The van der Waals surface area contributed by atoms with E-state index in [1.165, 1.54) is 16.3 Å². The zero-order valence-electron chi connectivity index (χ0n) is 28.9. The Labute approximate surface area is 302 Å². The zero-order chi connectivity index (χ0) is 35.0. The van der Waals surface area contributed by atoms with Gasteiger partial charge in [0.2, 0.25) is 0 Å². The van der Waals surface area contributed by atoms with E-state index in [-0.39, 0.29) is 0 Å². The van der Waals surface area contributed by atoms with Crippen LogP contribution < -0.4 is 31.2 Å². The number of anilines is 7. The van der Waals surface area contributed by atoms with Crippen LogP contribution in [0.1, 0.15) is 20.8 Å². The van der Waals surface area contributed by atoms with Crippen LogP contribution in [0.3, 0.4) is 0 Å². The second kappa shape index (κ2) is 19.2. The fourth-order valence-electron chi connectivity index (χ4n) is 5.02. The summed E-state index contributed by atoms with van der Waals surface area (Å²) in [6, 6.07) is 56.5. The summed E-state index contributed by atoms with van der Waals surface area (Å²) in [5, 5.41) is 13.0. The highest BCUT2D eigenvalue weighted by atomic mass is 31.1. The maximum absolute atomic E-state index is 3.58. The summed E-state index contributed by atoms with van der Waals surface area (Å²) < 4.78 is 2.38. The van der Waals surface area contributed by atoms with E-state index >= 15 is 0 Å². The normalized spacial score (nSPS) is 11.3. The molecule has 0 saturated carbocycles. The smallest absolute Gasteiger partial charge is 0.0684 e. The van der Waals surface area contributed by atoms with E-state index in [1.54, 1.807) is 0 Å². The highest BCUT2D eigenvalue weighted by Gasteiger charge is 2.14. The minimum Gasteiger partial charge on any atom is -0.354 e. The maximum Gasteiger partial charge on any atom is 0.0684 e. The molecule has 3 N–H and O–H groups in total. The fraction of sp³-hybridized carbons (Fsp3) is 0.0909. The van der Waals surface area contributed by atoms with Crippen LogP contribution in [0.2, 0.25) is 0 Å². The molecule has 0 aliphatic carbocycles. The first-order valence-electron chi connectivity index (χ1n) is 16.9. The van der Waals surface area contributed by atoms with Crippen LogP contribution in [0.5, 0.6) is 0 Å². The van der Waals surface area contributed by atoms with Crippen LogP contribution in [0.15, 0.2) is 188 Å². The van der Waals surface area contributed by atoms with Crippen molar-refractivity contribution in [2.75, 3.05) is 20.6 Å². The summed E-state index contributed by atoms with van der Waals surface area (Å²) in [4.78, 5) is 0. The van der Waals surface area contributed by atoms with Crippen molar-refractivity contribution >= 4 is 68.4 Å². The fourth-order valence-corrected chi connectivity index (χ4v) is 6.38. The molecule has 0 aliphatic heterocycles. The first-order chi connectivity index (χ1) is 24.5. The average Bonchev–Trinajstić information content (AvgIpc) is 3.15. The van der Waals surface area contributed by atoms with Gasteiger partial charge in [0.05, 0.1) is 22.7 Å². The summed E-state index contributed by atoms with van der Waals surface area (Å²) in [6.07, 6.45) is 6.40. The maximum atomic E-state index is 3.58. The van der Waals surface area contributed by atoms with Crippen molar-refractivity contribution in [1.82, 2.24) is 0 Å². The standard InChI is InChI=1S/C24H22N2P2.C20H24N2/c27-21-15-17-22(18-16-21)28-26(20-11-5-2-6-12-20)24-14-8-7-13-23(24)25-19-9-3-1-4-10-19;1-4-17(15-14-16(2)3)21-19-12-8-9-13-20(19)22-18-10-6-5-7-11-18/h1-18,25,28H,27H2;4-16,21-22H,1-3H3/b;15-14-,17-4+. The van der Waals surface area contributed by atoms with Crippen molar-refractivity contribution in [2.24, 2.45) is 5.92 Å². The summed E-state index contributed by atoms with van der Waals surface area (Å²) in [7, 11) is 3.24. The quantitative estimate of drug-likeness (QED) is 0.0882. The van der Waals surface area contributed by atoms with Gasteiger partial charge >= 0.3 is 0 Å². The lowest BCUT2D eigenvalue weighted by Crippen LogP contribution is -2.13. The third kappa shape index (κ3) is 11.2. The Bertz CT molecular complexity index is 1940. The van der Waals surface area contributed by atoms with Crippen molar-refractivity contribution in [3.63, 3.8) is 0 Å². The summed E-state index contributed by atoms with van der Waals surface area (Å²) in [5.74, 6) is 0.537. The second-order valence-corrected chi connectivity index (χ2v) is 13.8. The molecule has 6 aromatic carbocycles. The molecule has 6 heteroatoms. The Morgan fingerprint density at radius 3 is 1.68 bits per heavy atom. The molecule has 2 unspecified atom stereocenters. The molecule has 2 atom stereocenters. The number of hydrogen-bond acceptors (Lipinski definition) is 4. The number of allylic oxidation sites excluding steroid dienone is 3. The van der Waals surface area contributed by atoms with E-state index in [9.17, 15) is 0 Å². The highest BCUT2D eigenvalue weighted by Crippen LogP contribution is 2.41. The van der Waals surface area contributed by atoms with E-state index in [2.05, 4.69) is 177 Å². The van der Waals surface area contributed by atoms with Gasteiger partial charge in [0, 0.05) is 31.5 Å². The number of nitrogens with zero attached hydrogens (tertiary/aromatic N) is 1. The molecule has 6 aromatic rings. The molecule has 4 nitrogen and oxygen atoms in total. The van der Waals surface area contributed by atoms with Crippen molar-refractivity contribution in [3.05, 3.63) is 188 Å². The first kappa shape index (κ1) is 36.1. The minimum atomic E-state index is 0.488. The Morgan fingerprint density at radius 2 is 1.10 bits per heavy atom. The second-order valence-electron chi connectivity index (χ2n) is 11.9. The van der Waals surface area contributed by atoms with Crippen LogP contribution in [0.4, 0.5) is 39.8 Å². The van der Waals surface area contributed by atoms with Gasteiger partial charge in [-0.2, -0.15) is 0 Å². The van der Waals surface area contributed by atoms with Crippen molar-refractivity contribution in [1.29, 1.82) is 0 Å². The molecular formula is C44H46N4P2. The van der Waals surface area contributed by atoms with Gasteiger partial charge in [0.15, 0.2) is 0 Å². The van der Waals surface area contributed by atoms with E-state index < -0.39 is 0 Å². The first-order valence-corrected chi connectivity index (χ1v) is 18.4. The van der Waals surface area contributed by atoms with Crippen molar-refractivity contribution in [2.45, 2.75) is 20.8 Å². The summed E-state index contributed by atoms with van der Waals surface area (Å²) in [5.41, 5.74) is 8.81. The molecule has 0 saturated heterocycles. The van der Waals surface area contributed by atoms with E-state index in [0.717, 1.165) is 39.8 Å². The van der Waals surface area contributed by atoms with E-state index in [4.69, 9.17) is 0 Å². The van der Waals surface area contributed by atoms with Gasteiger partial charge in [-0.05, 0) is 90.2 Å². The number of nitrogens with one attached hydrogen (secondary N) is 3. The predicted molar refractivity (Wildman–Crippen MR) is 226 cm³/mol. The Hall–Kier alpha value is -5.14. The van der Waals surface area contributed by atoms with Gasteiger partial charge in [-0.3, -0.25) is 0 Å². The third-order valence-corrected chi connectivity index (χ3v) is 9.29. The molecule has 0 bridgehead atoms. The topological polar surface area (TPSA) is 39.3 Å². The Kier molecular flexibility index (Phi) is 13.8. The third-order valence-electron chi connectivity index (χ3n) is 7.59. The van der Waals surface area contributed by atoms with Crippen molar-refractivity contribution < 1.29 is 0 Å². The van der Waals surface area contributed by atoms with Gasteiger partial charge in [-0.25, -0.2) is 0 Å². The molecule has 252 valence electrons. The summed E-state index contributed by atoms with van der Waals surface area (Å²) >= 11 is 0. The molecular weight excluding hydrogens is 646 g/mol. The minimum absolute atomic E-state index is 0.488. The monoisotopic (exact) mass is 692 g/mol. The van der Waals surface area contributed by atoms with E-state index in [1.807, 2.05) is 55.5 Å². The number of para-hydroxylation sites is 7. The summed E-state index contributed by atoms with van der Waals surface area (Å²) in [6.45, 7) is 6.39. The zero-order valence-corrected chi connectivity index (χ0v) is 31.1. The van der Waals surface area contributed by atoms with Crippen molar-refractivity contribution in [3.8, 4) is 0 Å². The molecule has 0 fully saturated rings. The molecule has 0 amide bonds. The number of rotatable bonds is 12. The number of hydrogen-bond donors (Lipinski definition) is 3. The van der Waals surface area contributed by atoms with Gasteiger partial charge in [0.25, 0.3) is 0 Å². The molecule has 50 heavy (non-hydrogen) atoms. The lowest BCUT2D eigenvalue weighted by atomic mass is 10.2. The van der Waals surface area contributed by atoms with Gasteiger partial charge in [-0.15, -0.1) is 9.24 Å². The SMILES string of the molecule is C/C=C(\C=C/C(C)C)Nc1ccccc1Nc1ccccc1.Pc1ccc(PN(c2ccccc2)c2ccccc2Nc2ccccc2)cc1. The van der Waals surface area contributed by atoms with Crippen LogP contribution in [0.25, 0.3) is 0 Å². The molecule has 0 heterocycles. The Morgan fingerprint density at radius 1 is 0.600 bits per heavy atom. The molecule has 0 radical (unpaired) electrons. The Balaban J connectivity index is 0.000000201. The molecule has 6 rings (SSSR count). The molecule has 0 spiro atoms. The highest BCUT2D eigenvalue weighted by molar-refractivity contribution is 7.49. The van der Waals surface area contributed by atoms with Gasteiger partial charge < -0.3 is 20.6 Å². The van der Waals surface area contributed by atoms with Crippen LogP contribution in [-0.4, -0.2) is 0 Å². The molecule has 0 aliphatic rings.